The van der Waals surface area contributed by atoms with Crippen molar-refractivity contribution in [2.24, 2.45) is 0 Å². The molecule has 1 aromatic carbocycles. The fraction of sp³-hybridized carbons (Fsp3) is 0.333. The van der Waals surface area contributed by atoms with Gasteiger partial charge in [0.05, 0.1) is 5.25 Å². The summed E-state index contributed by atoms with van der Waals surface area (Å²) in [4.78, 5) is 23.6. The van der Waals surface area contributed by atoms with Crippen LogP contribution in [0.5, 0.6) is 0 Å². The van der Waals surface area contributed by atoms with Gasteiger partial charge in [-0.3, -0.25) is 9.59 Å². The molecule has 2 unspecified atom stereocenters. The van der Waals surface area contributed by atoms with Crippen molar-refractivity contribution in [3.63, 3.8) is 0 Å². The van der Waals surface area contributed by atoms with Crippen LogP contribution in [0.25, 0.3) is 0 Å². The monoisotopic (exact) mass is 251 g/mol. The van der Waals surface area contributed by atoms with Crippen molar-refractivity contribution in [1.82, 2.24) is 5.32 Å². The highest BCUT2D eigenvalue weighted by Gasteiger charge is 2.29. The number of thioether (sulfide) groups is 1. The summed E-state index contributed by atoms with van der Waals surface area (Å²) < 4.78 is 0. The minimum atomic E-state index is -1.01. The Morgan fingerprint density at radius 3 is 2.82 bits per heavy atom. The summed E-state index contributed by atoms with van der Waals surface area (Å²) in [5.74, 6) is -1.22. The Morgan fingerprint density at radius 1 is 1.47 bits per heavy atom. The summed E-state index contributed by atoms with van der Waals surface area (Å²) in [7, 11) is 0. The Balaban J connectivity index is 1.99. The molecule has 0 radical (unpaired) electrons. The number of rotatable bonds is 3. The number of nitrogens with one attached hydrogen (secondary N) is 1. The molecule has 2 N–H and O–H groups in total. The molecule has 90 valence electrons. The lowest BCUT2D eigenvalue weighted by molar-refractivity contribution is -0.141. The summed E-state index contributed by atoms with van der Waals surface area (Å²) in [6.07, 6.45) is 0.666. The van der Waals surface area contributed by atoms with Gasteiger partial charge in [0.25, 0.3) is 0 Å². The van der Waals surface area contributed by atoms with Gasteiger partial charge in [-0.05, 0) is 25.0 Å². The Morgan fingerprint density at radius 2 is 2.18 bits per heavy atom. The van der Waals surface area contributed by atoms with Crippen LogP contribution in [0.4, 0.5) is 0 Å². The van der Waals surface area contributed by atoms with Crippen LogP contribution >= 0.6 is 11.8 Å². The predicted molar refractivity (Wildman–Crippen MR) is 65.0 cm³/mol. The molecule has 17 heavy (non-hydrogen) atoms. The van der Waals surface area contributed by atoms with E-state index in [9.17, 15) is 9.59 Å². The number of benzene rings is 1. The molecular formula is C12H13NO3S. The van der Waals surface area contributed by atoms with Gasteiger partial charge in [-0.25, -0.2) is 0 Å². The first-order valence-electron chi connectivity index (χ1n) is 5.35. The minimum absolute atomic E-state index is 0.207. The van der Waals surface area contributed by atoms with Crippen molar-refractivity contribution in [2.45, 2.75) is 29.5 Å². The summed E-state index contributed by atoms with van der Waals surface area (Å²) in [6.45, 7) is 1.47. The van der Waals surface area contributed by atoms with E-state index in [1.54, 1.807) is 0 Å². The van der Waals surface area contributed by atoms with Crippen molar-refractivity contribution >= 4 is 23.6 Å². The third-order valence-corrected chi connectivity index (χ3v) is 3.99. The first-order valence-corrected chi connectivity index (χ1v) is 6.23. The van der Waals surface area contributed by atoms with Gasteiger partial charge in [-0.2, -0.15) is 0 Å². The summed E-state index contributed by atoms with van der Waals surface area (Å²) in [5, 5.41) is 11.0. The van der Waals surface area contributed by atoms with Crippen LogP contribution in [-0.2, 0) is 16.0 Å². The second-order valence-corrected chi connectivity index (χ2v) is 5.23. The third-order valence-electron chi connectivity index (χ3n) is 2.67. The van der Waals surface area contributed by atoms with Crippen LogP contribution in [0, 0.1) is 0 Å². The number of amides is 1. The predicted octanol–water partition coefficient (Wildman–Crippen LogP) is 1.29. The van der Waals surface area contributed by atoms with Crippen LogP contribution < -0.4 is 5.32 Å². The van der Waals surface area contributed by atoms with Crippen molar-refractivity contribution in [1.29, 1.82) is 0 Å². The molecule has 5 heteroatoms. The molecule has 2 rings (SSSR count). The lowest BCUT2D eigenvalue weighted by Gasteiger charge is -2.12. The van der Waals surface area contributed by atoms with Gasteiger partial charge in [-0.15, -0.1) is 11.8 Å². The fourth-order valence-corrected chi connectivity index (χ4v) is 2.90. The number of carbonyl (C=O) groups excluding carboxylic acids is 1. The number of hydrogen-bond acceptors (Lipinski definition) is 3. The minimum Gasteiger partial charge on any atom is -0.480 e. The Kier molecular flexibility index (Phi) is 3.38. The topological polar surface area (TPSA) is 66.4 Å². The molecule has 0 saturated carbocycles. The largest absolute Gasteiger partial charge is 0.480 e. The lowest BCUT2D eigenvalue weighted by Crippen LogP contribution is -2.42. The van der Waals surface area contributed by atoms with Crippen LogP contribution in [0.2, 0.25) is 0 Å². The average Bonchev–Trinajstić information content (AvgIpc) is 2.72. The zero-order valence-corrected chi connectivity index (χ0v) is 10.2. The summed E-state index contributed by atoms with van der Waals surface area (Å²) in [6, 6.07) is 7.02. The Hall–Kier alpha value is -1.49. The molecule has 1 aliphatic rings. The highest BCUT2D eigenvalue weighted by Crippen LogP contribution is 2.36. The van der Waals surface area contributed by atoms with E-state index in [4.69, 9.17) is 5.11 Å². The number of carbonyl (C=O) groups is 2. The molecule has 2 atom stereocenters. The Bertz CT molecular complexity index is 436. The standard InChI is InChI=1S/C12H13NO3S/c1-7(12(15)16)13-11(14)10-6-8-4-2-3-5-9(8)17-10/h2-5,7,10H,6H2,1H3,(H,13,14)(H,15,16). The number of hydrogen-bond donors (Lipinski definition) is 2. The first kappa shape index (κ1) is 12.0. The number of aliphatic carboxylic acids is 1. The smallest absolute Gasteiger partial charge is 0.325 e. The molecule has 0 aromatic heterocycles. The summed E-state index contributed by atoms with van der Waals surface area (Å²) in [5.41, 5.74) is 1.15. The van der Waals surface area contributed by atoms with E-state index >= 15 is 0 Å². The fourth-order valence-electron chi connectivity index (χ4n) is 1.70. The second-order valence-electron chi connectivity index (χ2n) is 3.99. The van der Waals surface area contributed by atoms with E-state index in [0.29, 0.717) is 6.42 Å². The maximum Gasteiger partial charge on any atom is 0.325 e. The SMILES string of the molecule is CC(NC(=O)C1Cc2ccccc2S1)C(=O)O. The first-order chi connectivity index (χ1) is 8.08. The molecule has 1 aromatic rings. The van der Waals surface area contributed by atoms with E-state index in [1.165, 1.54) is 18.7 Å². The molecule has 0 fully saturated rings. The molecule has 1 amide bonds. The van der Waals surface area contributed by atoms with Gasteiger partial charge in [0.1, 0.15) is 6.04 Å². The maximum atomic E-state index is 11.8. The van der Waals surface area contributed by atoms with Gasteiger partial charge in [0.15, 0.2) is 0 Å². The molecule has 1 aliphatic heterocycles. The zero-order valence-electron chi connectivity index (χ0n) is 9.34. The van der Waals surface area contributed by atoms with E-state index in [2.05, 4.69) is 5.32 Å². The van der Waals surface area contributed by atoms with Crippen LogP contribution in [0.1, 0.15) is 12.5 Å². The van der Waals surface area contributed by atoms with Gasteiger partial charge in [0, 0.05) is 4.90 Å². The molecule has 0 bridgehead atoms. The van der Waals surface area contributed by atoms with Crippen molar-refractivity contribution in [3.05, 3.63) is 29.8 Å². The molecular weight excluding hydrogens is 238 g/mol. The Labute approximate surface area is 103 Å². The van der Waals surface area contributed by atoms with Crippen molar-refractivity contribution in [2.75, 3.05) is 0 Å². The second kappa shape index (κ2) is 4.79. The van der Waals surface area contributed by atoms with E-state index < -0.39 is 12.0 Å². The van der Waals surface area contributed by atoms with E-state index in [0.717, 1.165) is 10.5 Å². The molecule has 0 saturated heterocycles. The van der Waals surface area contributed by atoms with E-state index in [-0.39, 0.29) is 11.2 Å². The quantitative estimate of drug-likeness (QED) is 0.849. The molecule has 0 spiro atoms. The van der Waals surface area contributed by atoms with Gasteiger partial charge in [-0.1, -0.05) is 18.2 Å². The number of carboxylic acid groups (broad SMARTS) is 1. The molecule has 0 aliphatic carbocycles. The maximum absolute atomic E-state index is 11.8. The normalized spacial score (nSPS) is 19.5. The highest BCUT2D eigenvalue weighted by atomic mass is 32.2. The van der Waals surface area contributed by atoms with Crippen LogP contribution in [0.3, 0.4) is 0 Å². The van der Waals surface area contributed by atoms with Crippen LogP contribution in [0.15, 0.2) is 29.2 Å². The van der Waals surface area contributed by atoms with Crippen LogP contribution in [-0.4, -0.2) is 28.3 Å². The van der Waals surface area contributed by atoms with E-state index in [1.807, 2.05) is 24.3 Å². The lowest BCUT2D eigenvalue weighted by atomic mass is 10.1. The summed E-state index contributed by atoms with van der Waals surface area (Å²) >= 11 is 1.49. The molecule has 1 heterocycles. The van der Waals surface area contributed by atoms with Gasteiger partial charge in [0.2, 0.25) is 5.91 Å². The third kappa shape index (κ3) is 2.61. The van der Waals surface area contributed by atoms with Crippen molar-refractivity contribution in [3.8, 4) is 0 Å². The van der Waals surface area contributed by atoms with Gasteiger partial charge < -0.3 is 10.4 Å². The average molecular weight is 251 g/mol. The highest BCUT2D eigenvalue weighted by molar-refractivity contribution is 8.01. The van der Waals surface area contributed by atoms with Crippen molar-refractivity contribution < 1.29 is 14.7 Å². The number of carboxylic acids is 1. The van der Waals surface area contributed by atoms with Gasteiger partial charge >= 0.3 is 5.97 Å². The zero-order chi connectivity index (χ0) is 12.4. The number of fused-ring (bicyclic) bond motifs is 1. The molecule has 4 nitrogen and oxygen atoms in total.